The van der Waals surface area contributed by atoms with E-state index in [1.54, 1.807) is 11.4 Å². The Hall–Kier alpha value is -0.280. The summed E-state index contributed by atoms with van der Waals surface area (Å²) in [6.45, 7) is 8.17. The molecule has 124 valence electrons. The van der Waals surface area contributed by atoms with Gasteiger partial charge in [0, 0.05) is 39.3 Å². The van der Waals surface area contributed by atoms with Gasteiger partial charge in [-0.15, -0.1) is 0 Å². The van der Waals surface area contributed by atoms with Crippen molar-refractivity contribution in [3.05, 3.63) is 0 Å². The van der Waals surface area contributed by atoms with Gasteiger partial charge < -0.3 is 5.73 Å². The van der Waals surface area contributed by atoms with Crippen LogP contribution in [-0.2, 0) is 10.2 Å². The average molecular weight is 337 g/mol. The number of rotatable bonds is 7. The average Bonchev–Trinajstić information content (AvgIpc) is 2.43. The largest absolute Gasteiger partial charge is 0.392 e. The zero-order valence-electron chi connectivity index (χ0n) is 13.4. The minimum Gasteiger partial charge on any atom is -0.392 e. The van der Waals surface area contributed by atoms with Crippen LogP contribution in [0.25, 0.3) is 0 Å². The van der Waals surface area contributed by atoms with Crippen LogP contribution in [0.4, 0.5) is 0 Å². The lowest BCUT2D eigenvalue weighted by atomic mass is 10.1. The monoisotopic (exact) mass is 336 g/mol. The predicted octanol–water partition coefficient (Wildman–Crippen LogP) is 0.644. The predicted molar refractivity (Wildman–Crippen MR) is 90.4 cm³/mol. The van der Waals surface area contributed by atoms with E-state index in [0.717, 1.165) is 12.8 Å². The van der Waals surface area contributed by atoms with Crippen LogP contribution in [0.15, 0.2) is 0 Å². The van der Waals surface area contributed by atoms with Gasteiger partial charge in [0.2, 0.25) is 0 Å². The second kappa shape index (κ2) is 7.82. The number of hydrogen-bond donors (Lipinski definition) is 1. The SMILES string of the molecule is CCCC(C(N)=S)N1CCN(S(=O)(=O)N(C)C(C)C)CC1. The van der Waals surface area contributed by atoms with E-state index in [2.05, 4.69) is 11.8 Å². The van der Waals surface area contributed by atoms with Gasteiger partial charge in [-0.3, -0.25) is 4.90 Å². The maximum Gasteiger partial charge on any atom is 0.282 e. The third kappa shape index (κ3) is 4.59. The van der Waals surface area contributed by atoms with Gasteiger partial charge in [-0.05, 0) is 20.3 Å². The van der Waals surface area contributed by atoms with E-state index in [1.807, 2.05) is 13.8 Å². The third-order valence-electron chi connectivity index (χ3n) is 4.02. The summed E-state index contributed by atoms with van der Waals surface area (Å²) in [5.41, 5.74) is 5.81. The van der Waals surface area contributed by atoms with Gasteiger partial charge in [-0.1, -0.05) is 25.6 Å². The van der Waals surface area contributed by atoms with Crippen LogP contribution in [0.1, 0.15) is 33.6 Å². The van der Waals surface area contributed by atoms with Crippen molar-refractivity contribution >= 4 is 27.4 Å². The number of hydrogen-bond acceptors (Lipinski definition) is 4. The number of nitrogens with zero attached hydrogens (tertiary/aromatic N) is 3. The normalized spacial score (nSPS) is 20.1. The summed E-state index contributed by atoms with van der Waals surface area (Å²) in [6.07, 6.45) is 1.94. The minimum atomic E-state index is -3.37. The summed E-state index contributed by atoms with van der Waals surface area (Å²) >= 11 is 5.14. The van der Waals surface area contributed by atoms with Crippen molar-refractivity contribution in [3.8, 4) is 0 Å². The first-order valence-corrected chi connectivity index (χ1v) is 9.28. The van der Waals surface area contributed by atoms with Gasteiger partial charge in [0.15, 0.2) is 0 Å². The van der Waals surface area contributed by atoms with E-state index in [4.69, 9.17) is 18.0 Å². The van der Waals surface area contributed by atoms with Gasteiger partial charge in [-0.2, -0.15) is 17.0 Å². The van der Waals surface area contributed by atoms with Crippen molar-refractivity contribution in [2.45, 2.75) is 45.7 Å². The van der Waals surface area contributed by atoms with Gasteiger partial charge in [0.1, 0.15) is 0 Å². The second-order valence-electron chi connectivity index (χ2n) is 5.76. The van der Waals surface area contributed by atoms with Crippen molar-refractivity contribution in [2.24, 2.45) is 5.73 Å². The summed E-state index contributed by atoms with van der Waals surface area (Å²) in [4.78, 5) is 2.71. The Morgan fingerprint density at radius 1 is 1.29 bits per heavy atom. The number of piperazine rings is 1. The lowest BCUT2D eigenvalue weighted by molar-refractivity contribution is 0.157. The molecule has 0 saturated carbocycles. The molecule has 1 rings (SSSR count). The highest BCUT2D eigenvalue weighted by molar-refractivity contribution is 7.86. The van der Waals surface area contributed by atoms with E-state index in [9.17, 15) is 8.42 Å². The molecule has 0 spiro atoms. The zero-order chi connectivity index (χ0) is 16.2. The molecule has 1 saturated heterocycles. The second-order valence-corrected chi connectivity index (χ2v) is 8.22. The van der Waals surface area contributed by atoms with Crippen LogP contribution in [0.5, 0.6) is 0 Å². The van der Waals surface area contributed by atoms with E-state index in [0.29, 0.717) is 31.2 Å². The summed E-state index contributed by atoms with van der Waals surface area (Å²) in [5.74, 6) is 0. The van der Waals surface area contributed by atoms with E-state index in [-0.39, 0.29) is 12.1 Å². The maximum absolute atomic E-state index is 12.4. The minimum absolute atomic E-state index is 0.0440. The third-order valence-corrected chi connectivity index (χ3v) is 6.46. The molecule has 1 atom stereocenters. The molecular formula is C13H28N4O2S2. The Labute approximate surface area is 134 Å². The first-order valence-electron chi connectivity index (χ1n) is 7.48. The summed E-state index contributed by atoms with van der Waals surface area (Å²) in [6, 6.07) is 0.0372. The van der Waals surface area contributed by atoms with E-state index >= 15 is 0 Å². The van der Waals surface area contributed by atoms with Crippen LogP contribution in [0.2, 0.25) is 0 Å². The molecule has 1 unspecified atom stereocenters. The van der Waals surface area contributed by atoms with Crippen molar-refractivity contribution in [1.82, 2.24) is 13.5 Å². The highest BCUT2D eigenvalue weighted by atomic mass is 32.2. The molecule has 1 aliphatic heterocycles. The molecule has 1 heterocycles. The van der Waals surface area contributed by atoms with Crippen LogP contribution in [0.3, 0.4) is 0 Å². The first-order chi connectivity index (χ1) is 9.71. The van der Waals surface area contributed by atoms with Crippen molar-refractivity contribution in [1.29, 1.82) is 0 Å². The zero-order valence-corrected chi connectivity index (χ0v) is 15.1. The van der Waals surface area contributed by atoms with Crippen molar-refractivity contribution in [2.75, 3.05) is 33.2 Å². The molecule has 21 heavy (non-hydrogen) atoms. The fourth-order valence-electron chi connectivity index (χ4n) is 2.47. The molecule has 0 aromatic heterocycles. The smallest absolute Gasteiger partial charge is 0.282 e. The summed E-state index contributed by atoms with van der Waals surface area (Å²) in [7, 11) is -1.74. The Kier molecular flexibility index (Phi) is 6.99. The van der Waals surface area contributed by atoms with Gasteiger partial charge in [-0.25, -0.2) is 0 Å². The number of thiocarbonyl (C=S) groups is 1. The molecular weight excluding hydrogens is 308 g/mol. The van der Waals surface area contributed by atoms with Crippen LogP contribution < -0.4 is 5.73 Å². The van der Waals surface area contributed by atoms with Gasteiger partial charge >= 0.3 is 0 Å². The Balaban J connectivity index is 2.69. The topological polar surface area (TPSA) is 69.9 Å². The molecule has 0 aliphatic carbocycles. The molecule has 0 aromatic rings. The highest BCUT2D eigenvalue weighted by Gasteiger charge is 2.33. The lowest BCUT2D eigenvalue weighted by Gasteiger charge is -2.39. The molecule has 0 aromatic carbocycles. The van der Waals surface area contributed by atoms with E-state index < -0.39 is 10.2 Å². The summed E-state index contributed by atoms with van der Waals surface area (Å²) < 4.78 is 27.9. The Morgan fingerprint density at radius 2 is 1.81 bits per heavy atom. The van der Waals surface area contributed by atoms with Crippen LogP contribution in [0, 0.1) is 0 Å². The first kappa shape index (κ1) is 18.8. The van der Waals surface area contributed by atoms with Gasteiger partial charge in [0.25, 0.3) is 10.2 Å². The standard InChI is InChI=1S/C13H28N4O2S2/c1-5-6-12(13(14)20)16-7-9-17(10-8-16)21(18,19)15(4)11(2)3/h11-12H,5-10H2,1-4H3,(H2,14,20). The van der Waals surface area contributed by atoms with Crippen molar-refractivity contribution in [3.63, 3.8) is 0 Å². The number of nitrogens with two attached hydrogens (primary N) is 1. The molecule has 2 N–H and O–H groups in total. The molecule has 6 nitrogen and oxygen atoms in total. The fourth-order valence-corrected chi connectivity index (χ4v) is 4.26. The maximum atomic E-state index is 12.4. The molecule has 1 aliphatic rings. The lowest BCUT2D eigenvalue weighted by Crippen LogP contribution is -2.57. The molecule has 0 radical (unpaired) electrons. The van der Waals surface area contributed by atoms with Crippen LogP contribution in [-0.4, -0.2) is 72.2 Å². The highest BCUT2D eigenvalue weighted by Crippen LogP contribution is 2.16. The van der Waals surface area contributed by atoms with Gasteiger partial charge in [0.05, 0.1) is 11.0 Å². The van der Waals surface area contributed by atoms with Crippen molar-refractivity contribution < 1.29 is 8.42 Å². The Bertz CT molecular complexity index is 445. The molecule has 0 amide bonds. The molecule has 8 heteroatoms. The summed E-state index contributed by atoms with van der Waals surface area (Å²) in [5, 5.41) is 0. The Morgan fingerprint density at radius 3 is 2.19 bits per heavy atom. The van der Waals surface area contributed by atoms with Crippen LogP contribution >= 0.6 is 12.2 Å². The molecule has 0 bridgehead atoms. The fraction of sp³-hybridized carbons (Fsp3) is 0.923. The quantitative estimate of drug-likeness (QED) is 0.691. The molecule has 1 fully saturated rings. The van der Waals surface area contributed by atoms with E-state index in [1.165, 1.54) is 4.31 Å².